The van der Waals surface area contributed by atoms with Gasteiger partial charge in [0.15, 0.2) is 0 Å². The number of hydrogen-bond acceptors (Lipinski definition) is 1. The van der Waals surface area contributed by atoms with E-state index in [1.54, 1.807) is 0 Å². The number of benzene rings is 1. The number of halogens is 2. The van der Waals surface area contributed by atoms with Gasteiger partial charge in [0.25, 0.3) is 0 Å². The third-order valence-electron chi connectivity index (χ3n) is 2.23. The molecule has 0 aliphatic heterocycles. The summed E-state index contributed by atoms with van der Waals surface area (Å²) in [5.41, 5.74) is 1.15. The van der Waals surface area contributed by atoms with E-state index in [9.17, 15) is 0 Å². The monoisotopic (exact) mass is 245 g/mol. The van der Waals surface area contributed by atoms with Gasteiger partial charge in [0.1, 0.15) is 0 Å². The zero-order chi connectivity index (χ0) is 11.1. The minimum Gasteiger partial charge on any atom is -0.313 e. The minimum absolute atomic E-state index is 0.270. The Morgan fingerprint density at radius 2 is 2.07 bits per heavy atom. The normalized spacial score (nSPS) is 12.7. The van der Waals surface area contributed by atoms with Crippen molar-refractivity contribution in [1.29, 1.82) is 0 Å². The molecule has 15 heavy (non-hydrogen) atoms. The first-order chi connectivity index (χ1) is 7.20. The van der Waals surface area contributed by atoms with Gasteiger partial charge in [-0.05, 0) is 37.9 Å². The van der Waals surface area contributed by atoms with E-state index in [1.165, 1.54) is 0 Å². The highest BCUT2D eigenvalue weighted by Gasteiger charge is 1.98. The lowest BCUT2D eigenvalue weighted by molar-refractivity contribution is 0.619. The van der Waals surface area contributed by atoms with Gasteiger partial charge in [0.2, 0.25) is 0 Å². The maximum atomic E-state index is 6.03. The summed E-state index contributed by atoms with van der Waals surface area (Å²) in [4.78, 5) is 0. The highest BCUT2D eigenvalue weighted by molar-refractivity contribution is 6.31. The van der Waals surface area contributed by atoms with Gasteiger partial charge >= 0.3 is 0 Å². The lowest BCUT2D eigenvalue weighted by Gasteiger charge is -2.07. The standard InChI is InChI=1S/C12H17Cl2N/c1-10(13)5-4-8-15-9-11-6-2-3-7-12(11)14/h2-3,6-7,10,15H,4-5,8-9H2,1H3. The van der Waals surface area contributed by atoms with Crippen LogP contribution in [0.3, 0.4) is 0 Å². The third-order valence-corrected chi connectivity index (χ3v) is 2.82. The lowest BCUT2D eigenvalue weighted by Crippen LogP contribution is -2.15. The fraction of sp³-hybridized carbons (Fsp3) is 0.500. The Morgan fingerprint density at radius 3 is 2.73 bits per heavy atom. The molecule has 0 fully saturated rings. The average Bonchev–Trinajstić information content (AvgIpc) is 2.20. The van der Waals surface area contributed by atoms with Gasteiger partial charge in [0.05, 0.1) is 0 Å². The van der Waals surface area contributed by atoms with Crippen LogP contribution >= 0.6 is 23.2 Å². The molecule has 1 nitrogen and oxygen atoms in total. The Kier molecular flexibility index (Phi) is 6.07. The Morgan fingerprint density at radius 1 is 1.33 bits per heavy atom. The molecule has 0 saturated carbocycles. The zero-order valence-electron chi connectivity index (χ0n) is 8.97. The van der Waals surface area contributed by atoms with Crippen molar-refractivity contribution in [3.8, 4) is 0 Å². The largest absolute Gasteiger partial charge is 0.313 e. The molecular weight excluding hydrogens is 229 g/mol. The van der Waals surface area contributed by atoms with Gasteiger partial charge in [-0.15, -0.1) is 11.6 Å². The van der Waals surface area contributed by atoms with Gasteiger partial charge in [-0.1, -0.05) is 29.8 Å². The van der Waals surface area contributed by atoms with Crippen LogP contribution in [-0.4, -0.2) is 11.9 Å². The summed E-state index contributed by atoms with van der Waals surface area (Å²) in [6.45, 7) is 3.84. The van der Waals surface area contributed by atoms with Gasteiger partial charge < -0.3 is 5.32 Å². The van der Waals surface area contributed by atoms with E-state index in [-0.39, 0.29) is 5.38 Å². The smallest absolute Gasteiger partial charge is 0.0450 e. The SMILES string of the molecule is CC(Cl)CCCNCc1ccccc1Cl. The molecule has 0 bridgehead atoms. The van der Waals surface area contributed by atoms with Crippen molar-refractivity contribution < 1.29 is 0 Å². The van der Waals surface area contributed by atoms with Crippen LogP contribution in [0.15, 0.2) is 24.3 Å². The number of rotatable bonds is 6. The first-order valence-electron chi connectivity index (χ1n) is 5.28. The van der Waals surface area contributed by atoms with Crippen molar-refractivity contribution in [1.82, 2.24) is 5.32 Å². The zero-order valence-corrected chi connectivity index (χ0v) is 10.5. The van der Waals surface area contributed by atoms with Crippen molar-refractivity contribution in [2.75, 3.05) is 6.54 Å². The van der Waals surface area contributed by atoms with E-state index in [1.807, 2.05) is 31.2 Å². The summed E-state index contributed by atoms with van der Waals surface area (Å²) in [7, 11) is 0. The molecule has 3 heteroatoms. The molecule has 0 amide bonds. The summed E-state index contributed by atoms with van der Waals surface area (Å²) in [6, 6.07) is 7.91. The van der Waals surface area contributed by atoms with Crippen LogP contribution in [0.4, 0.5) is 0 Å². The molecule has 1 aromatic carbocycles. The second-order valence-corrected chi connectivity index (χ2v) is 4.84. The van der Waals surface area contributed by atoms with E-state index in [0.29, 0.717) is 0 Å². The van der Waals surface area contributed by atoms with Crippen molar-refractivity contribution in [3.63, 3.8) is 0 Å². The predicted molar refractivity (Wildman–Crippen MR) is 67.7 cm³/mol. The molecule has 0 aliphatic carbocycles. The number of hydrogen-bond donors (Lipinski definition) is 1. The van der Waals surface area contributed by atoms with E-state index in [0.717, 1.165) is 36.5 Å². The predicted octanol–water partition coefficient (Wildman–Crippen LogP) is 3.84. The van der Waals surface area contributed by atoms with Gasteiger partial charge in [-0.3, -0.25) is 0 Å². The Labute approximate surface area is 102 Å². The molecule has 0 radical (unpaired) electrons. The van der Waals surface area contributed by atoms with Crippen molar-refractivity contribution in [3.05, 3.63) is 34.9 Å². The Balaban J connectivity index is 2.18. The summed E-state index contributed by atoms with van der Waals surface area (Å²) >= 11 is 11.9. The van der Waals surface area contributed by atoms with Crippen molar-refractivity contribution >= 4 is 23.2 Å². The molecule has 0 aromatic heterocycles. The Hall–Kier alpha value is -0.240. The number of nitrogens with one attached hydrogen (secondary N) is 1. The quantitative estimate of drug-likeness (QED) is 0.594. The fourth-order valence-corrected chi connectivity index (χ4v) is 1.73. The maximum Gasteiger partial charge on any atom is 0.0450 e. The molecule has 1 unspecified atom stereocenters. The van der Waals surface area contributed by atoms with Gasteiger partial charge in [-0.2, -0.15) is 0 Å². The van der Waals surface area contributed by atoms with Gasteiger partial charge in [0, 0.05) is 16.9 Å². The third kappa shape index (κ3) is 5.41. The molecular formula is C12H17Cl2N. The summed E-state index contributed by atoms with van der Waals surface area (Å²) in [6.07, 6.45) is 2.16. The van der Waals surface area contributed by atoms with Crippen LogP contribution < -0.4 is 5.32 Å². The molecule has 1 N–H and O–H groups in total. The molecule has 1 aromatic rings. The molecule has 0 spiro atoms. The minimum atomic E-state index is 0.270. The van der Waals surface area contributed by atoms with Crippen LogP contribution in [0, 0.1) is 0 Å². The molecule has 0 heterocycles. The summed E-state index contributed by atoms with van der Waals surface area (Å²) in [5.74, 6) is 0. The first-order valence-corrected chi connectivity index (χ1v) is 6.10. The lowest BCUT2D eigenvalue weighted by atomic mass is 10.2. The van der Waals surface area contributed by atoms with E-state index >= 15 is 0 Å². The van der Waals surface area contributed by atoms with Gasteiger partial charge in [-0.25, -0.2) is 0 Å². The average molecular weight is 246 g/mol. The van der Waals surface area contributed by atoms with E-state index in [2.05, 4.69) is 5.32 Å². The maximum absolute atomic E-state index is 6.03. The molecule has 0 aliphatic rings. The first kappa shape index (κ1) is 12.8. The Bertz CT molecular complexity index is 287. The second kappa shape index (κ2) is 7.10. The van der Waals surface area contributed by atoms with Crippen LogP contribution in [0.5, 0.6) is 0 Å². The van der Waals surface area contributed by atoms with Crippen molar-refractivity contribution in [2.45, 2.75) is 31.7 Å². The van der Waals surface area contributed by atoms with Crippen LogP contribution in [0.2, 0.25) is 5.02 Å². The summed E-state index contributed by atoms with van der Waals surface area (Å²) in [5, 5.41) is 4.45. The highest BCUT2D eigenvalue weighted by atomic mass is 35.5. The second-order valence-electron chi connectivity index (χ2n) is 3.69. The molecule has 1 rings (SSSR count). The topological polar surface area (TPSA) is 12.0 Å². The van der Waals surface area contributed by atoms with E-state index in [4.69, 9.17) is 23.2 Å². The molecule has 0 saturated heterocycles. The van der Waals surface area contributed by atoms with E-state index < -0.39 is 0 Å². The van der Waals surface area contributed by atoms with Crippen LogP contribution in [-0.2, 0) is 6.54 Å². The molecule has 84 valence electrons. The number of alkyl halides is 1. The summed E-state index contributed by atoms with van der Waals surface area (Å²) < 4.78 is 0. The van der Waals surface area contributed by atoms with Crippen molar-refractivity contribution in [2.24, 2.45) is 0 Å². The van der Waals surface area contributed by atoms with Crippen LogP contribution in [0.25, 0.3) is 0 Å². The molecule has 1 atom stereocenters. The van der Waals surface area contributed by atoms with Crippen LogP contribution in [0.1, 0.15) is 25.3 Å². The fourth-order valence-electron chi connectivity index (χ4n) is 1.37. The highest BCUT2D eigenvalue weighted by Crippen LogP contribution is 2.14.